The molecule has 0 spiro atoms. The first kappa shape index (κ1) is 22.4. The third-order valence-corrected chi connectivity index (χ3v) is 10.5. The maximum absolute atomic E-state index is 10.2. The van der Waals surface area contributed by atoms with Crippen LogP contribution in [-0.2, 0) is 0 Å². The van der Waals surface area contributed by atoms with Gasteiger partial charge in [0.2, 0.25) is 0 Å². The van der Waals surface area contributed by atoms with Gasteiger partial charge in [-0.1, -0.05) is 63.6 Å². The van der Waals surface area contributed by atoms with Gasteiger partial charge in [-0.3, -0.25) is 0 Å². The zero-order valence-corrected chi connectivity index (χ0v) is 20.3. The van der Waals surface area contributed by atoms with Gasteiger partial charge >= 0.3 is 0 Å². The molecule has 1 heteroatoms. The molecule has 0 radical (unpaired) electrons. The van der Waals surface area contributed by atoms with Crippen LogP contribution in [0.3, 0.4) is 0 Å². The van der Waals surface area contributed by atoms with Crippen molar-refractivity contribution in [2.75, 3.05) is 0 Å². The van der Waals surface area contributed by atoms with Crippen LogP contribution in [0, 0.1) is 46.3 Å². The van der Waals surface area contributed by atoms with E-state index >= 15 is 0 Å². The van der Waals surface area contributed by atoms with Gasteiger partial charge in [0.25, 0.3) is 0 Å². The standard InChI is InChI=1S/C29H46O/c1-7-21(19(2)3)9-8-20(4)25-12-13-26-24-11-10-22-18-23(30)14-16-28(22,5)27(24)15-17-29(25,26)6/h8-10,20-21,23-27,30H,2,7,11-18H2,1,3-6H3/b9-8-/t20-,21-,23-,24-,25-,26-,27+,28-,29-/m0/s1. The highest BCUT2D eigenvalue weighted by Crippen LogP contribution is 2.67. The van der Waals surface area contributed by atoms with Crippen LogP contribution in [0.25, 0.3) is 0 Å². The molecule has 9 atom stereocenters. The van der Waals surface area contributed by atoms with E-state index in [-0.39, 0.29) is 6.10 Å². The first-order valence-corrected chi connectivity index (χ1v) is 12.9. The molecule has 4 aliphatic rings. The molecule has 0 saturated heterocycles. The normalized spacial score (nSPS) is 45.3. The molecule has 1 N–H and O–H groups in total. The molecule has 3 fully saturated rings. The number of allylic oxidation sites excluding steroid dienone is 4. The second-order valence-corrected chi connectivity index (χ2v) is 12.0. The lowest BCUT2D eigenvalue weighted by Crippen LogP contribution is -2.50. The summed E-state index contributed by atoms with van der Waals surface area (Å²) in [7, 11) is 0. The Kier molecular flexibility index (Phi) is 6.17. The Balaban J connectivity index is 1.53. The van der Waals surface area contributed by atoms with Crippen molar-refractivity contribution in [1.82, 2.24) is 0 Å². The lowest BCUT2D eigenvalue weighted by molar-refractivity contribution is -0.0540. The lowest BCUT2D eigenvalue weighted by atomic mass is 9.47. The van der Waals surface area contributed by atoms with Gasteiger partial charge in [-0.2, -0.15) is 0 Å². The molecule has 0 aromatic carbocycles. The van der Waals surface area contributed by atoms with E-state index in [2.05, 4.69) is 59.4 Å². The zero-order chi connectivity index (χ0) is 21.7. The van der Waals surface area contributed by atoms with Crippen molar-refractivity contribution in [3.63, 3.8) is 0 Å². The van der Waals surface area contributed by atoms with Gasteiger partial charge < -0.3 is 5.11 Å². The molecule has 0 aromatic heterocycles. The minimum atomic E-state index is -0.0932. The Labute approximate surface area is 186 Å². The average molecular weight is 411 g/mol. The van der Waals surface area contributed by atoms with E-state index in [9.17, 15) is 5.11 Å². The van der Waals surface area contributed by atoms with E-state index in [1.165, 1.54) is 44.1 Å². The second kappa shape index (κ2) is 8.27. The van der Waals surface area contributed by atoms with Crippen LogP contribution in [-0.4, -0.2) is 11.2 Å². The predicted octanol–water partition coefficient (Wildman–Crippen LogP) is 7.72. The second-order valence-electron chi connectivity index (χ2n) is 12.0. The summed E-state index contributed by atoms with van der Waals surface area (Å²) in [5.74, 6) is 4.64. The maximum atomic E-state index is 10.2. The van der Waals surface area contributed by atoms with Crippen LogP contribution in [0.1, 0.15) is 92.4 Å². The van der Waals surface area contributed by atoms with Gasteiger partial charge in [-0.15, -0.1) is 0 Å². The monoisotopic (exact) mass is 410 g/mol. The number of aliphatic hydroxyl groups is 1. The molecule has 0 bridgehead atoms. The third-order valence-electron chi connectivity index (χ3n) is 10.5. The minimum absolute atomic E-state index is 0.0932. The van der Waals surface area contributed by atoms with E-state index in [1.807, 2.05) is 0 Å². The Bertz CT molecular complexity index is 716. The highest BCUT2D eigenvalue weighted by Gasteiger charge is 2.58. The van der Waals surface area contributed by atoms with Gasteiger partial charge in [0.15, 0.2) is 0 Å². The molecule has 4 rings (SSSR count). The number of hydrogen-bond donors (Lipinski definition) is 1. The Morgan fingerprint density at radius 2 is 1.93 bits per heavy atom. The summed E-state index contributed by atoms with van der Waals surface area (Å²) >= 11 is 0. The molecular formula is C29H46O. The molecule has 0 unspecified atom stereocenters. The van der Waals surface area contributed by atoms with Crippen LogP contribution in [0.5, 0.6) is 0 Å². The average Bonchev–Trinajstić information content (AvgIpc) is 3.06. The molecule has 30 heavy (non-hydrogen) atoms. The molecule has 3 saturated carbocycles. The van der Waals surface area contributed by atoms with Crippen molar-refractivity contribution < 1.29 is 5.11 Å². The number of hydrogen-bond acceptors (Lipinski definition) is 1. The van der Waals surface area contributed by atoms with Crippen LogP contribution < -0.4 is 0 Å². The maximum Gasteiger partial charge on any atom is 0.0577 e. The van der Waals surface area contributed by atoms with Gasteiger partial charge in [-0.25, -0.2) is 0 Å². The van der Waals surface area contributed by atoms with Crippen molar-refractivity contribution in [3.05, 3.63) is 36.0 Å². The number of aliphatic hydroxyl groups excluding tert-OH is 1. The first-order chi connectivity index (χ1) is 14.2. The van der Waals surface area contributed by atoms with Gasteiger partial charge in [0.05, 0.1) is 6.10 Å². The van der Waals surface area contributed by atoms with Crippen molar-refractivity contribution in [3.8, 4) is 0 Å². The number of fused-ring (bicyclic) bond motifs is 5. The summed E-state index contributed by atoms with van der Waals surface area (Å²) in [5, 5.41) is 10.2. The van der Waals surface area contributed by atoms with E-state index in [0.29, 0.717) is 22.7 Å². The Morgan fingerprint density at radius 3 is 2.63 bits per heavy atom. The third kappa shape index (κ3) is 3.58. The largest absolute Gasteiger partial charge is 0.393 e. The van der Waals surface area contributed by atoms with Gasteiger partial charge in [0, 0.05) is 0 Å². The quantitative estimate of drug-likeness (QED) is 0.460. The summed E-state index contributed by atoms with van der Waals surface area (Å²) in [6, 6.07) is 0. The van der Waals surface area contributed by atoms with Crippen molar-refractivity contribution in [2.24, 2.45) is 46.3 Å². The summed E-state index contributed by atoms with van der Waals surface area (Å²) in [6.07, 6.45) is 18.7. The SMILES string of the molecule is C=C(C)[C@H](/C=C\[C@H](C)[C@@H]1CC[C@H]2[C@@H]3CC=C4C[C@@H](O)CC[C@]4(C)[C@@H]3CC[C@]21C)CC. The molecule has 168 valence electrons. The van der Waals surface area contributed by atoms with E-state index in [0.717, 1.165) is 42.9 Å². The number of rotatable bonds is 5. The summed E-state index contributed by atoms with van der Waals surface area (Å²) in [4.78, 5) is 0. The Hall–Kier alpha value is -0.820. The fourth-order valence-corrected chi connectivity index (χ4v) is 8.64. The lowest BCUT2D eigenvalue weighted by Gasteiger charge is -2.58. The van der Waals surface area contributed by atoms with Crippen molar-refractivity contribution in [2.45, 2.75) is 98.5 Å². The molecule has 0 aromatic rings. The fraction of sp³-hybridized carbons (Fsp3) is 0.793. The van der Waals surface area contributed by atoms with Crippen LogP contribution in [0.4, 0.5) is 0 Å². The van der Waals surface area contributed by atoms with Crippen molar-refractivity contribution in [1.29, 1.82) is 0 Å². The zero-order valence-electron chi connectivity index (χ0n) is 20.3. The van der Waals surface area contributed by atoms with Crippen LogP contribution in [0.15, 0.2) is 36.0 Å². The van der Waals surface area contributed by atoms with E-state index < -0.39 is 0 Å². The smallest absolute Gasteiger partial charge is 0.0577 e. The summed E-state index contributed by atoms with van der Waals surface area (Å²) in [5.41, 5.74) is 3.77. The first-order valence-electron chi connectivity index (χ1n) is 12.9. The molecular weight excluding hydrogens is 364 g/mol. The fourth-order valence-electron chi connectivity index (χ4n) is 8.64. The highest BCUT2D eigenvalue weighted by atomic mass is 16.3. The highest BCUT2D eigenvalue weighted by molar-refractivity contribution is 5.25. The van der Waals surface area contributed by atoms with Crippen LogP contribution in [0.2, 0.25) is 0 Å². The molecule has 0 aliphatic heterocycles. The molecule has 0 heterocycles. The summed E-state index contributed by atoms with van der Waals surface area (Å²) < 4.78 is 0. The van der Waals surface area contributed by atoms with Gasteiger partial charge in [0.1, 0.15) is 0 Å². The van der Waals surface area contributed by atoms with Gasteiger partial charge in [-0.05, 0) is 111 Å². The van der Waals surface area contributed by atoms with E-state index in [4.69, 9.17) is 0 Å². The molecule has 1 nitrogen and oxygen atoms in total. The topological polar surface area (TPSA) is 20.2 Å². The Morgan fingerprint density at radius 1 is 1.17 bits per heavy atom. The van der Waals surface area contributed by atoms with E-state index in [1.54, 1.807) is 5.57 Å². The molecule has 4 aliphatic carbocycles. The summed E-state index contributed by atoms with van der Waals surface area (Å²) in [6.45, 7) is 16.3. The predicted molar refractivity (Wildman–Crippen MR) is 128 cm³/mol. The minimum Gasteiger partial charge on any atom is -0.393 e. The molecule has 0 amide bonds. The van der Waals surface area contributed by atoms with Crippen LogP contribution >= 0.6 is 0 Å². The van der Waals surface area contributed by atoms with Crippen molar-refractivity contribution >= 4 is 0 Å².